The molecule has 0 aliphatic carbocycles. The second kappa shape index (κ2) is 16.2. The van der Waals surface area contributed by atoms with Crippen LogP contribution in [0, 0.1) is 0 Å². The first kappa shape index (κ1) is 33.7. The van der Waals surface area contributed by atoms with Crippen molar-refractivity contribution in [3.05, 3.63) is 112 Å². The van der Waals surface area contributed by atoms with Gasteiger partial charge in [-0.05, 0) is 55.3 Å². The van der Waals surface area contributed by atoms with Gasteiger partial charge in [-0.1, -0.05) is 54.9 Å². The number of benzene rings is 3. The molecule has 234 valence electrons. The zero-order valence-electron chi connectivity index (χ0n) is 24.9. The van der Waals surface area contributed by atoms with Crippen molar-refractivity contribution in [1.29, 1.82) is 0 Å². The first-order valence-electron chi connectivity index (χ1n) is 13.7. The third-order valence-electron chi connectivity index (χ3n) is 6.45. The summed E-state index contributed by atoms with van der Waals surface area (Å²) in [5, 5.41) is 4.39. The molecule has 0 unspecified atom stereocenters. The number of carbonyl (C=O) groups is 1. The number of hydrogen-bond acceptors (Lipinski definition) is 8. The van der Waals surface area contributed by atoms with Crippen LogP contribution in [-0.2, 0) is 36.7 Å². The van der Waals surface area contributed by atoms with Gasteiger partial charge in [0.15, 0.2) is 5.76 Å². The van der Waals surface area contributed by atoms with E-state index in [0.29, 0.717) is 45.9 Å². The number of unbranched alkanes of at least 4 members (excludes halogenated alkanes) is 1. The SMILES string of the molecule is CCCCON=C(C(C)=C(ON)c1ccccc1C(=COC)C(=O)OC)c1ccc(OCc2cccc(C(F)(F)F)c2)cc1. The minimum Gasteiger partial charge on any atom is -0.503 e. The van der Waals surface area contributed by atoms with E-state index in [2.05, 4.69) is 5.16 Å². The lowest BCUT2D eigenvalue weighted by molar-refractivity contribution is -0.137. The second-order valence-corrected chi connectivity index (χ2v) is 9.51. The van der Waals surface area contributed by atoms with Gasteiger partial charge in [-0.3, -0.25) is 0 Å². The molecule has 0 amide bonds. The summed E-state index contributed by atoms with van der Waals surface area (Å²) in [5.41, 5.74) is 2.23. The van der Waals surface area contributed by atoms with Crippen LogP contribution in [0.3, 0.4) is 0 Å². The third kappa shape index (κ3) is 8.87. The van der Waals surface area contributed by atoms with E-state index in [1.807, 2.05) is 6.92 Å². The highest BCUT2D eigenvalue weighted by Crippen LogP contribution is 2.31. The van der Waals surface area contributed by atoms with Crippen molar-refractivity contribution in [1.82, 2.24) is 0 Å². The van der Waals surface area contributed by atoms with Crippen molar-refractivity contribution >= 4 is 23.0 Å². The molecule has 3 rings (SSSR count). The van der Waals surface area contributed by atoms with Gasteiger partial charge < -0.3 is 23.9 Å². The molecule has 0 bridgehead atoms. The van der Waals surface area contributed by atoms with E-state index in [-0.39, 0.29) is 17.9 Å². The van der Waals surface area contributed by atoms with Gasteiger partial charge in [-0.15, -0.1) is 0 Å². The largest absolute Gasteiger partial charge is 0.503 e. The number of oxime groups is 1. The van der Waals surface area contributed by atoms with Crippen molar-refractivity contribution in [2.24, 2.45) is 11.1 Å². The number of hydrogen-bond donors (Lipinski definition) is 1. The van der Waals surface area contributed by atoms with Crippen LogP contribution in [0.2, 0.25) is 0 Å². The Hall–Kier alpha value is -4.77. The van der Waals surface area contributed by atoms with Gasteiger partial charge in [0.2, 0.25) is 0 Å². The van der Waals surface area contributed by atoms with Crippen LogP contribution in [-0.4, -0.2) is 32.5 Å². The smallest absolute Gasteiger partial charge is 0.416 e. The lowest BCUT2D eigenvalue weighted by atomic mass is 9.94. The molecule has 0 fully saturated rings. The van der Waals surface area contributed by atoms with Crippen LogP contribution in [0.1, 0.15) is 54.5 Å². The molecule has 2 N–H and O–H groups in total. The fraction of sp³-hybridized carbons (Fsp3) is 0.273. The number of halogens is 3. The van der Waals surface area contributed by atoms with Gasteiger partial charge in [-0.25, -0.2) is 4.79 Å². The van der Waals surface area contributed by atoms with E-state index in [0.717, 1.165) is 25.0 Å². The Morgan fingerprint density at radius 2 is 1.68 bits per heavy atom. The predicted molar refractivity (Wildman–Crippen MR) is 161 cm³/mol. The van der Waals surface area contributed by atoms with Gasteiger partial charge in [0.1, 0.15) is 30.2 Å². The number of methoxy groups -OCH3 is 2. The maximum atomic E-state index is 13.1. The molecule has 3 aromatic carbocycles. The Balaban J connectivity index is 1.99. The zero-order chi connectivity index (χ0) is 32.1. The standard InChI is InChI=1S/C33H35F3N2O6/c1-5-6-18-43-38-30(22(2)31(44-37)28-13-8-7-12-27(28)29(21-40-3)32(39)41-4)24-14-16-26(17-15-24)42-20-23-10-9-11-25(19-23)33(34,35)36/h7-17,19,21H,5-6,18,20,37H2,1-4H3. The molecular formula is C33H35F3N2O6. The minimum atomic E-state index is -4.44. The summed E-state index contributed by atoms with van der Waals surface area (Å²) in [6.45, 7) is 4.10. The van der Waals surface area contributed by atoms with Gasteiger partial charge in [0.25, 0.3) is 0 Å². The topological polar surface area (TPSA) is 102 Å². The summed E-state index contributed by atoms with van der Waals surface area (Å²) in [4.78, 5) is 23.6. The highest BCUT2D eigenvalue weighted by atomic mass is 19.4. The average Bonchev–Trinajstić information content (AvgIpc) is 3.03. The average molecular weight is 613 g/mol. The van der Waals surface area contributed by atoms with E-state index >= 15 is 0 Å². The summed E-state index contributed by atoms with van der Waals surface area (Å²) < 4.78 is 55.0. The Labute approximate surface area is 254 Å². The highest BCUT2D eigenvalue weighted by Gasteiger charge is 2.30. The number of nitrogens with two attached hydrogens (primary N) is 1. The van der Waals surface area contributed by atoms with E-state index in [4.69, 9.17) is 29.8 Å². The summed E-state index contributed by atoms with van der Waals surface area (Å²) in [6.07, 6.45) is -1.47. The molecule has 0 spiro atoms. The van der Waals surface area contributed by atoms with Crippen LogP contribution in [0.25, 0.3) is 11.3 Å². The van der Waals surface area contributed by atoms with Crippen molar-refractivity contribution in [3.63, 3.8) is 0 Å². The predicted octanol–water partition coefficient (Wildman–Crippen LogP) is 7.29. The number of alkyl halides is 3. The van der Waals surface area contributed by atoms with Gasteiger partial charge in [0.05, 0.1) is 26.0 Å². The first-order valence-corrected chi connectivity index (χ1v) is 13.7. The molecular weight excluding hydrogens is 577 g/mol. The van der Waals surface area contributed by atoms with Crippen LogP contribution in [0.4, 0.5) is 13.2 Å². The lowest BCUT2D eigenvalue weighted by Crippen LogP contribution is -2.13. The minimum absolute atomic E-state index is 0.0528. The van der Waals surface area contributed by atoms with Crippen molar-refractivity contribution in [2.75, 3.05) is 20.8 Å². The van der Waals surface area contributed by atoms with E-state index < -0.39 is 17.7 Å². The Bertz CT molecular complexity index is 1500. The Morgan fingerprint density at radius 1 is 0.977 bits per heavy atom. The highest BCUT2D eigenvalue weighted by molar-refractivity contribution is 6.19. The number of esters is 1. The molecule has 3 aromatic rings. The van der Waals surface area contributed by atoms with Crippen LogP contribution in [0.15, 0.2) is 89.8 Å². The fourth-order valence-electron chi connectivity index (χ4n) is 4.20. The van der Waals surface area contributed by atoms with Crippen molar-refractivity contribution in [3.8, 4) is 5.75 Å². The molecule has 0 aliphatic heterocycles. The van der Waals surface area contributed by atoms with E-state index in [9.17, 15) is 18.0 Å². The van der Waals surface area contributed by atoms with Gasteiger partial charge in [-0.2, -0.15) is 19.1 Å². The molecule has 8 nitrogen and oxygen atoms in total. The fourth-order valence-corrected chi connectivity index (χ4v) is 4.20. The van der Waals surface area contributed by atoms with E-state index in [1.165, 1.54) is 26.5 Å². The number of allylic oxidation sites excluding steroid dienone is 1. The summed E-state index contributed by atoms with van der Waals surface area (Å²) in [6, 6.07) is 18.7. The summed E-state index contributed by atoms with van der Waals surface area (Å²) >= 11 is 0. The van der Waals surface area contributed by atoms with Crippen molar-refractivity contribution in [2.45, 2.75) is 39.5 Å². The van der Waals surface area contributed by atoms with Gasteiger partial charge in [0, 0.05) is 22.3 Å². The number of rotatable bonds is 14. The monoisotopic (exact) mass is 612 g/mol. The molecule has 0 saturated carbocycles. The maximum absolute atomic E-state index is 13.1. The quantitative estimate of drug-likeness (QED) is 0.0510. The van der Waals surface area contributed by atoms with Crippen LogP contribution >= 0.6 is 0 Å². The van der Waals surface area contributed by atoms with E-state index in [1.54, 1.807) is 61.5 Å². The normalized spacial score (nSPS) is 12.7. The summed E-state index contributed by atoms with van der Waals surface area (Å²) in [5.74, 6) is 5.83. The maximum Gasteiger partial charge on any atom is 0.416 e. The van der Waals surface area contributed by atoms with Crippen molar-refractivity contribution < 1.29 is 41.9 Å². The zero-order valence-corrected chi connectivity index (χ0v) is 24.9. The second-order valence-electron chi connectivity index (χ2n) is 9.51. The third-order valence-corrected chi connectivity index (χ3v) is 6.45. The molecule has 0 aliphatic rings. The first-order chi connectivity index (χ1) is 21.1. The number of carbonyl (C=O) groups excluding carboxylic acids is 1. The number of nitrogens with zero attached hydrogens (tertiary/aromatic N) is 1. The Morgan fingerprint density at radius 3 is 2.30 bits per heavy atom. The molecule has 0 saturated heterocycles. The van der Waals surface area contributed by atoms with Crippen LogP contribution < -0.4 is 10.6 Å². The molecule has 0 aromatic heterocycles. The lowest BCUT2D eigenvalue weighted by Gasteiger charge is -2.17. The van der Waals surface area contributed by atoms with Crippen LogP contribution in [0.5, 0.6) is 5.75 Å². The molecule has 11 heteroatoms. The molecule has 0 atom stereocenters. The van der Waals surface area contributed by atoms with Gasteiger partial charge >= 0.3 is 12.1 Å². The molecule has 44 heavy (non-hydrogen) atoms. The molecule has 0 radical (unpaired) electrons. The summed E-state index contributed by atoms with van der Waals surface area (Å²) in [7, 11) is 2.68. The Kier molecular flexibility index (Phi) is 12.4. The number of ether oxygens (including phenoxy) is 3. The molecule has 0 heterocycles.